The van der Waals surface area contributed by atoms with E-state index in [9.17, 15) is 0 Å². The van der Waals surface area contributed by atoms with Gasteiger partial charge in [0.15, 0.2) is 5.88 Å². The first-order valence-corrected chi connectivity index (χ1v) is 31.7. The van der Waals surface area contributed by atoms with Crippen LogP contribution in [0.1, 0.15) is 255 Å². The van der Waals surface area contributed by atoms with Crippen LogP contribution in [-0.2, 0) is 28.1 Å². The Kier molecular flexibility index (Phi) is 11.5. The molecule has 3 nitrogen and oxygen atoms in total. The zero-order valence-electron chi connectivity index (χ0n) is 53.1. The van der Waals surface area contributed by atoms with Crippen LogP contribution in [0.5, 0.6) is 0 Å². The van der Waals surface area contributed by atoms with Gasteiger partial charge in [-0.2, -0.15) is 0 Å². The summed E-state index contributed by atoms with van der Waals surface area (Å²) < 4.78 is 7.86. The first-order valence-electron chi connectivity index (χ1n) is 31.7. The number of fused-ring (bicyclic) bond motifs is 9. The summed E-state index contributed by atoms with van der Waals surface area (Å²) in [6.07, 6.45) is 28.2. The highest BCUT2D eigenvalue weighted by Gasteiger charge is 2.57. The van der Waals surface area contributed by atoms with Gasteiger partial charge in [-0.15, -0.1) is 0 Å². The van der Waals surface area contributed by atoms with Gasteiger partial charge in [0.25, 0.3) is 6.71 Å². The average Bonchev–Trinajstić information content (AvgIpc) is 4.03. The molecule has 3 aromatic rings. The third kappa shape index (κ3) is 8.03. The molecule has 2 saturated carbocycles. The Labute approximate surface area is 479 Å². The average molecular weight is 1060 g/mol. The van der Waals surface area contributed by atoms with Gasteiger partial charge in [0.2, 0.25) is 0 Å². The number of rotatable bonds is 3. The van der Waals surface area contributed by atoms with Crippen LogP contribution in [0.15, 0.2) is 104 Å². The van der Waals surface area contributed by atoms with E-state index in [0.29, 0.717) is 11.8 Å². The smallest absolute Gasteiger partial charge is 0.251 e. The number of hydrogen-bond donors (Lipinski definition) is 0. The van der Waals surface area contributed by atoms with E-state index in [0.717, 1.165) is 43.7 Å². The van der Waals surface area contributed by atoms with E-state index in [1.165, 1.54) is 107 Å². The number of nitrogens with zero attached hydrogens (tertiary/aromatic N) is 2. The van der Waals surface area contributed by atoms with Gasteiger partial charge in [0, 0.05) is 22.6 Å². The lowest BCUT2D eigenvalue weighted by Crippen LogP contribution is -2.58. The van der Waals surface area contributed by atoms with Gasteiger partial charge in [0.1, 0.15) is 5.76 Å². The van der Waals surface area contributed by atoms with Crippen LogP contribution >= 0.6 is 0 Å². The van der Waals surface area contributed by atoms with Gasteiger partial charge in [-0.25, -0.2) is 0 Å². The van der Waals surface area contributed by atoms with Crippen molar-refractivity contribution in [3.05, 3.63) is 138 Å². The van der Waals surface area contributed by atoms with Crippen molar-refractivity contribution >= 4 is 41.1 Å². The van der Waals surface area contributed by atoms with E-state index in [4.69, 9.17) is 4.42 Å². The normalized spacial score (nSPS) is 28.7. The fraction of sp³-hybridized carbons (Fsp3) is 0.600. The van der Waals surface area contributed by atoms with Crippen molar-refractivity contribution in [3.8, 4) is 0 Å². The first-order chi connectivity index (χ1) is 36.6. The van der Waals surface area contributed by atoms with E-state index in [1.54, 1.807) is 44.5 Å². The van der Waals surface area contributed by atoms with Crippen molar-refractivity contribution in [1.29, 1.82) is 0 Å². The van der Waals surface area contributed by atoms with Gasteiger partial charge in [-0.3, -0.25) is 0 Å². The molecule has 2 fully saturated rings. The monoisotopic (exact) mass is 1050 g/mol. The molecule has 79 heavy (non-hydrogen) atoms. The van der Waals surface area contributed by atoms with Crippen LogP contribution in [0.3, 0.4) is 0 Å². The Morgan fingerprint density at radius 2 is 1.13 bits per heavy atom. The quantitative estimate of drug-likeness (QED) is 0.244. The molecule has 2 aromatic carbocycles. The predicted molar refractivity (Wildman–Crippen MR) is 338 cm³/mol. The van der Waals surface area contributed by atoms with Crippen molar-refractivity contribution in [1.82, 2.24) is 0 Å². The fourth-order valence-corrected chi connectivity index (χ4v) is 18.0. The maximum Gasteiger partial charge on any atom is 0.251 e. The molecule has 10 aliphatic rings. The summed E-state index contributed by atoms with van der Waals surface area (Å²) in [5.74, 6) is 3.17. The zero-order chi connectivity index (χ0) is 56.5. The number of furan rings is 1. The Morgan fingerprint density at radius 3 is 1.72 bits per heavy atom. The molecule has 1 aromatic heterocycles. The van der Waals surface area contributed by atoms with Crippen molar-refractivity contribution in [2.24, 2.45) is 38.9 Å². The third-order valence-electron chi connectivity index (χ3n) is 24.1. The lowest BCUT2D eigenvalue weighted by molar-refractivity contribution is 0.121. The number of benzene rings is 2. The summed E-state index contributed by atoms with van der Waals surface area (Å²) in [6.45, 7) is 50.4. The molecule has 3 atom stereocenters. The summed E-state index contributed by atoms with van der Waals surface area (Å²) in [6, 6.07) is 13.3. The molecule has 3 heterocycles. The highest BCUT2D eigenvalue weighted by atomic mass is 16.4. The number of allylic oxidation sites excluding steroid dienone is 10. The van der Waals surface area contributed by atoms with E-state index < -0.39 is 0 Å². The SMILES string of the molecule is CC1=CC2=C3B(C4=C(CC5C(=C4)C(C)(C)CCC5(C)C)N2c2cc4c(cc2C2=CC=C(C(C)(C)C)CC2)C(C)(C)CCC4(C)C)c2c(oc4c2CC2C(=C4)C(C)(C)CCC2(C)C)N(c2ccc4c(c2)C(C)(C)CCC4(C)C)C3C1. The Hall–Kier alpha value is -4.44. The maximum absolute atomic E-state index is 7.86. The minimum atomic E-state index is 0.0522. The molecule has 13 rings (SSSR count). The van der Waals surface area contributed by atoms with Crippen LogP contribution in [0, 0.1) is 38.9 Å². The van der Waals surface area contributed by atoms with Crippen molar-refractivity contribution in [3.63, 3.8) is 0 Å². The summed E-state index contributed by atoms with van der Waals surface area (Å²) in [7, 11) is 0. The lowest BCUT2D eigenvalue weighted by Gasteiger charge is -2.55. The molecule has 0 amide bonds. The van der Waals surface area contributed by atoms with Gasteiger partial charge in [0.05, 0.1) is 11.7 Å². The highest BCUT2D eigenvalue weighted by molar-refractivity contribution is 6.89. The Balaban J connectivity index is 1.15. The van der Waals surface area contributed by atoms with Gasteiger partial charge in [-0.05, 0) is 237 Å². The van der Waals surface area contributed by atoms with Gasteiger partial charge < -0.3 is 14.2 Å². The van der Waals surface area contributed by atoms with E-state index in [-0.39, 0.29) is 61.5 Å². The molecule has 2 aliphatic heterocycles. The van der Waals surface area contributed by atoms with E-state index >= 15 is 0 Å². The predicted octanol–water partition coefficient (Wildman–Crippen LogP) is 20.0. The third-order valence-corrected chi connectivity index (χ3v) is 24.1. The highest BCUT2D eigenvalue weighted by Crippen LogP contribution is 2.63. The summed E-state index contributed by atoms with van der Waals surface area (Å²) >= 11 is 0. The summed E-state index contributed by atoms with van der Waals surface area (Å²) in [4.78, 5) is 5.74. The molecule has 4 heteroatoms. The Morgan fingerprint density at radius 1 is 0.570 bits per heavy atom. The van der Waals surface area contributed by atoms with E-state index in [2.05, 4.69) is 209 Å². The Bertz CT molecular complexity index is 3400. The second-order valence-corrected chi connectivity index (χ2v) is 34.0. The van der Waals surface area contributed by atoms with Crippen LogP contribution in [0.4, 0.5) is 17.3 Å². The van der Waals surface area contributed by atoms with Crippen molar-refractivity contribution in [2.75, 3.05) is 9.80 Å². The molecular formula is C75H99BN2O. The minimum absolute atomic E-state index is 0.0522. The second-order valence-electron chi connectivity index (χ2n) is 34.0. The number of anilines is 3. The second kappa shape index (κ2) is 16.9. The standard InChI is InChI=1S/C75H99BN2O/c1-44-35-61-65-62(36-44)78(59-41-55-52(70(9,10)29-32-73(55,15)16)38-48(59)45-21-23-46(24-22-45)67(2,3)4)60-42-56-54(72(13,14)31-33-74(56,17)18)40-58(60)76(65)64-49-39-53-57(75(19,20)34-30-71(53,11)12)43-63(49)79-66(64)77(61)47-25-26-50-51(37-47)69(7,8)28-27-68(50,5)6/h21,23,25-26,36-38,40-41,43,53,56,61H,22,24,27-35,39,42H2,1-20H3. The topological polar surface area (TPSA) is 19.6 Å². The lowest BCUT2D eigenvalue weighted by atomic mass is 9.29. The van der Waals surface area contributed by atoms with Crippen molar-refractivity contribution < 1.29 is 4.42 Å². The zero-order valence-corrected chi connectivity index (χ0v) is 53.1. The van der Waals surface area contributed by atoms with E-state index in [1.807, 2.05) is 0 Å². The van der Waals surface area contributed by atoms with Gasteiger partial charge >= 0.3 is 0 Å². The summed E-state index contributed by atoms with van der Waals surface area (Å²) in [5.41, 5.74) is 28.3. The van der Waals surface area contributed by atoms with Crippen molar-refractivity contribution in [2.45, 2.75) is 250 Å². The first kappa shape index (κ1) is 53.9. The molecule has 8 aliphatic carbocycles. The molecule has 0 spiro atoms. The summed E-state index contributed by atoms with van der Waals surface area (Å²) in [5, 5.41) is 0. The molecule has 0 saturated heterocycles. The molecular weight excluding hydrogens is 956 g/mol. The van der Waals surface area contributed by atoms with Crippen LogP contribution in [-0.4, -0.2) is 12.8 Å². The molecule has 418 valence electrons. The molecule has 0 N–H and O–H groups in total. The molecule has 0 radical (unpaired) electrons. The number of hydrogen-bond acceptors (Lipinski definition) is 3. The largest absolute Gasteiger partial charge is 0.441 e. The van der Waals surface area contributed by atoms with Gasteiger partial charge in [-0.1, -0.05) is 178 Å². The van der Waals surface area contributed by atoms with Crippen LogP contribution in [0.25, 0.3) is 11.6 Å². The minimum Gasteiger partial charge on any atom is -0.441 e. The molecule has 3 unspecified atom stereocenters. The van der Waals surface area contributed by atoms with Crippen LogP contribution in [0.2, 0.25) is 0 Å². The maximum atomic E-state index is 7.86. The molecule has 0 bridgehead atoms. The van der Waals surface area contributed by atoms with Crippen LogP contribution < -0.4 is 15.3 Å². The fourth-order valence-electron chi connectivity index (χ4n) is 18.0.